The van der Waals surface area contributed by atoms with Crippen LogP contribution in [0.15, 0.2) is 71.6 Å². The van der Waals surface area contributed by atoms with Crippen molar-refractivity contribution in [2.75, 3.05) is 5.32 Å². The highest BCUT2D eigenvalue weighted by molar-refractivity contribution is 5.96. The molecular weight excluding hydrogens is 300 g/mol. The Labute approximate surface area is 141 Å². The van der Waals surface area contributed by atoms with Gasteiger partial charge in [0.05, 0.1) is 12.1 Å². The first-order chi connectivity index (χ1) is 11.8. The summed E-state index contributed by atoms with van der Waals surface area (Å²) in [5, 5.41) is 3.01. The molecule has 122 valence electrons. The van der Waals surface area contributed by atoms with E-state index in [1.165, 1.54) is 6.39 Å². The Morgan fingerprint density at radius 3 is 2.50 bits per heavy atom. The second-order valence-corrected chi connectivity index (χ2v) is 5.68. The number of anilines is 1. The lowest BCUT2D eigenvalue weighted by molar-refractivity contribution is -0.117. The van der Waals surface area contributed by atoms with Crippen molar-refractivity contribution in [3.8, 4) is 11.3 Å². The van der Waals surface area contributed by atoms with Gasteiger partial charge in [0.25, 0.3) is 0 Å². The van der Waals surface area contributed by atoms with Gasteiger partial charge in [0, 0.05) is 11.3 Å². The van der Waals surface area contributed by atoms with Crippen LogP contribution in [0, 0.1) is 0 Å². The molecule has 2 aromatic carbocycles. The fourth-order valence-electron chi connectivity index (χ4n) is 2.73. The molecule has 0 saturated heterocycles. The number of nitrogens with zero attached hydrogens (tertiary/aromatic N) is 1. The number of rotatable bonds is 6. The highest BCUT2D eigenvalue weighted by atomic mass is 16.3. The van der Waals surface area contributed by atoms with Crippen molar-refractivity contribution in [3.63, 3.8) is 0 Å². The number of hydrogen-bond donors (Lipinski definition) is 1. The van der Waals surface area contributed by atoms with E-state index in [0.717, 1.165) is 29.7 Å². The van der Waals surface area contributed by atoms with Gasteiger partial charge in [0.2, 0.25) is 5.91 Å². The van der Waals surface area contributed by atoms with E-state index in [1.54, 1.807) is 6.20 Å². The smallest absolute Gasteiger partial charge is 0.231 e. The number of amides is 1. The molecule has 1 atom stereocenters. The van der Waals surface area contributed by atoms with Gasteiger partial charge in [-0.05, 0) is 36.2 Å². The first-order valence-electron chi connectivity index (χ1n) is 8.12. The molecular formula is C20H20N2O2. The van der Waals surface area contributed by atoms with Gasteiger partial charge in [-0.25, -0.2) is 4.98 Å². The molecule has 3 aromatic rings. The maximum atomic E-state index is 12.7. The van der Waals surface area contributed by atoms with E-state index in [1.807, 2.05) is 54.6 Å². The van der Waals surface area contributed by atoms with Crippen LogP contribution in [-0.2, 0) is 4.79 Å². The first-order valence-corrected chi connectivity index (χ1v) is 8.12. The van der Waals surface area contributed by atoms with Crippen LogP contribution in [0.1, 0.15) is 31.2 Å². The molecule has 0 aliphatic carbocycles. The van der Waals surface area contributed by atoms with E-state index in [2.05, 4.69) is 17.2 Å². The van der Waals surface area contributed by atoms with Crippen molar-refractivity contribution in [2.24, 2.45) is 0 Å². The largest absolute Gasteiger partial charge is 0.444 e. The van der Waals surface area contributed by atoms with Crippen LogP contribution >= 0.6 is 0 Å². The molecule has 3 rings (SSSR count). The number of aromatic nitrogens is 1. The molecule has 1 N–H and O–H groups in total. The third-order valence-corrected chi connectivity index (χ3v) is 3.97. The van der Waals surface area contributed by atoms with E-state index < -0.39 is 0 Å². The van der Waals surface area contributed by atoms with Crippen LogP contribution in [-0.4, -0.2) is 10.9 Å². The standard InChI is InChI=1S/C20H20N2O2/c1-2-6-18(15-7-4-3-5-8-15)20(23)22-17-11-9-16(10-12-17)19-13-21-14-24-19/h3-5,7-14,18H,2,6H2,1H3,(H,22,23). The van der Waals surface area contributed by atoms with Crippen molar-refractivity contribution < 1.29 is 9.21 Å². The maximum Gasteiger partial charge on any atom is 0.231 e. The molecule has 1 heterocycles. The second-order valence-electron chi connectivity index (χ2n) is 5.68. The molecule has 0 aliphatic rings. The Morgan fingerprint density at radius 2 is 1.88 bits per heavy atom. The first kappa shape index (κ1) is 16.0. The van der Waals surface area contributed by atoms with Crippen LogP contribution in [0.3, 0.4) is 0 Å². The summed E-state index contributed by atoms with van der Waals surface area (Å²) >= 11 is 0. The fraction of sp³-hybridized carbons (Fsp3) is 0.200. The minimum atomic E-state index is -0.134. The van der Waals surface area contributed by atoms with Gasteiger partial charge < -0.3 is 9.73 Å². The molecule has 0 bridgehead atoms. The molecule has 1 amide bonds. The van der Waals surface area contributed by atoms with Crippen molar-refractivity contribution in [2.45, 2.75) is 25.7 Å². The molecule has 0 saturated carbocycles. The minimum absolute atomic E-state index is 0.0236. The molecule has 0 radical (unpaired) electrons. The van der Waals surface area contributed by atoms with E-state index in [4.69, 9.17) is 4.42 Å². The van der Waals surface area contributed by atoms with Crippen molar-refractivity contribution >= 4 is 11.6 Å². The molecule has 1 aromatic heterocycles. The maximum absolute atomic E-state index is 12.7. The average Bonchev–Trinajstić information content (AvgIpc) is 3.15. The Morgan fingerprint density at radius 1 is 1.12 bits per heavy atom. The van der Waals surface area contributed by atoms with Crippen LogP contribution in [0.5, 0.6) is 0 Å². The van der Waals surface area contributed by atoms with Crippen molar-refractivity contribution in [1.82, 2.24) is 4.98 Å². The summed E-state index contributed by atoms with van der Waals surface area (Å²) in [4.78, 5) is 16.6. The van der Waals surface area contributed by atoms with Gasteiger partial charge in [0.15, 0.2) is 12.2 Å². The van der Waals surface area contributed by atoms with Gasteiger partial charge in [-0.15, -0.1) is 0 Å². The summed E-state index contributed by atoms with van der Waals surface area (Å²) in [7, 11) is 0. The highest BCUT2D eigenvalue weighted by Crippen LogP contribution is 2.25. The van der Waals surface area contributed by atoms with Crippen molar-refractivity contribution in [1.29, 1.82) is 0 Å². The lowest BCUT2D eigenvalue weighted by atomic mass is 9.93. The monoisotopic (exact) mass is 320 g/mol. The average molecular weight is 320 g/mol. The fourth-order valence-corrected chi connectivity index (χ4v) is 2.73. The summed E-state index contributed by atoms with van der Waals surface area (Å²) < 4.78 is 5.27. The number of hydrogen-bond acceptors (Lipinski definition) is 3. The quantitative estimate of drug-likeness (QED) is 0.705. The molecule has 4 heteroatoms. The predicted octanol–water partition coefficient (Wildman–Crippen LogP) is 4.86. The zero-order valence-corrected chi connectivity index (χ0v) is 13.6. The lowest BCUT2D eigenvalue weighted by Gasteiger charge is -2.16. The Hall–Kier alpha value is -2.88. The summed E-state index contributed by atoms with van der Waals surface area (Å²) in [5.74, 6) is 0.599. The summed E-state index contributed by atoms with van der Waals surface area (Å²) in [5.41, 5.74) is 2.76. The second kappa shape index (κ2) is 7.59. The third-order valence-electron chi connectivity index (χ3n) is 3.97. The van der Waals surface area contributed by atoms with Crippen LogP contribution in [0.2, 0.25) is 0 Å². The van der Waals surface area contributed by atoms with Gasteiger partial charge >= 0.3 is 0 Å². The van der Waals surface area contributed by atoms with E-state index in [-0.39, 0.29) is 11.8 Å². The van der Waals surface area contributed by atoms with Crippen LogP contribution in [0.25, 0.3) is 11.3 Å². The zero-order chi connectivity index (χ0) is 16.8. The third kappa shape index (κ3) is 3.71. The Kier molecular flexibility index (Phi) is 5.06. The molecule has 0 spiro atoms. The van der Waals surface area contributed by atoms with Gasteiger partial charge in [0.1, 0.15) is 0 Å². The van der Waals surface area contributed by atoms with E-state index in [9.17, 15) is 4.79 Å². The minimum Gasteiger partial charge on any atom is -0.444 e. The van der Waals surface area contributed by atoms with Gasteiger partial charge in [-0.1, -0.05) is 43.7 Å². The zero-order valence-electron chi connectivity index (χ0n) is 13.6. The Bertz CT molecular complexity index is 765. The number of nitrogens with one attached hydrogen (secondary N) is 1. The van der Waals surface area contributed by atoms with E-state index >= 15 is 0 Å². The summed E-state index contributed by atoms with van der Waals surface area (Å²) in [6.45, 7) is 2.09. The number of oxazole rings is 1. The van der Waals surface area contributed by atoms with Crippen molar-refractivity contribution in [3.05, 3.63) is 72.8 Å². The highest BCUT2D eigenvalue weighted by Gasteiger charge is 2.19. The predicted molar refractivity (Wildman–Crippen MR) is 94.7 cm³/mol. The van der Waals surface area contributed by atoms with Gasteiger partial charge in [-0.3, -0.25) is 4.79 Å². The molecule has 1 unspecified atom stereocenters. The number of benzene rings is 2. The topological polar surface area (TPSA) is 55.1 Å². The lowest BCUT2D eigenvalue weighted by Crippen LogP contribution is -2.21. The van der Waals surface area contributed by atoms with Crippen LogP contribution in [0.4, 0.5) is 5.69 Å². The molecule has 24 heavy (non-hydrogen) atoms. The Balaban J connectivity index is 1.73. The molecule has 0 aliphatic heterocycles. The van der Waals surface area contributed by atoms with Gasteiger partial charge in [-0.2, -0.15) is 0 Å². The number of carbonyl (C=O) groups is 1. The van der Waals surface area contributed by atoms with E-state index in [0.29, 0.717) is 5.76 Å². The summed E-state index contributed by atoms with van der Waals surface area (Å²) in [6, 6.07) is 17.5. The molecule has 0 fully saturated rings. The molecule has 4 nitrogen and oxygen atoms in total. The normalized spacial score (nSPS) is 11.9. The summed E-state index contributed by atoms with van der Waals surface area (Å²) in [6.07, 6.45) is 4.85. The van der Waals surface area contributed by atoms with Crippen LogP contribution < -0.4 is 5.32 Å². The number of carbonyl (C=O) groups excluding carboxylic acids is 1. The SMILES string of the molecule is CCCC(C(=O)Nc1ccc(-c2cnco2)cc1)c1ccccc1.